The predicted octanol–water partition coefficient (Wildman–Crippen LogP) is 20.3. The highest BCUT2D eigenvalue weighted by Crippen LogP contribution is 2.63. The number of rotatable bonds is 5. The van der Waals surface area contributed by atoms with Crippen LogP contribution in [0.15, 0.2) is 279 Å². The van der Waals surface area contributed by atoms with Crippen LogP contribution in [0, 0.1) is 0 Å². The highest BCUT2D eigenvalue weighted by atomic mass is 32.1. The molecule has 1 aliphatic heterocycles. The highest BCUT2D eigenvalue weighted by molar-refractivity contribution is 7.25. The van der Waals surface area contributed by atoms with E-state index in [9.17, 15) is 0 Å². The molecule has 0 saturated heterocycles. The monoisotopic (exact) mass is 982 g/mol. The van der Waals surface area contributed by atoms with Crippen LogP contribution in [0.1, 0.15) is 22.3 Å². The fourth-order valence-electron chi connectivity index (χ4n) is 13.2. The van der Waals surface area contributed by atoms with Crippen molar-refractivity contribution in [3.8, 4) is 66.8 Å². The zero-order valence-corrected chi connectivity index (χ0v) is 42.2. The van der Waals surface area contributed by atoms with E-state index in [1.54, 1.807) is 0 Å². The lowest BCUT2D eigenvalue weighted by molar-refractivity contribution is 0.776. The molecule has 1 atom stereocenters. The molecule has 1 spiro atoms. The van der Waals surface area contributed by atoms with Gasteiger partial charge >= 0.3 is 0 Å². The molecule has 354 valence electrons. The van der Waals surface area contributed by atoms with E-state index in [0.29, 0.717) is 0 Å². The number of anilines is 6. The minimum absolute atomic E-state index is 0.672. The van der Waals surface area contributed by atoms with Gasteiger partial charge in [0.05, 0.1) is 16.8 Å². The van der Waals surface area contributed by atoms with Gasteiger partial charge in [-0.2, -0.15) is 0 Å². The maximum absolute atomic E-state index is 2.55. The number of hydrogen-bond donors (Lipinski definition) is 0. The van der Waals surface area contributed by atoms with E-state index < -0.39 is 5.41 Å². The molecule has 0 amide bonds. The van der Waals surface area contributed by atoms with Crippen LogP contribution >= 0.6 is 11.3 Å². The summed E-state index contributed by atoms with van der Waals surface area (Å²) >= 11 is 1.90. The normalized spacial score (nSPS) is 14.3. The van der Waals surface area contributed by atoms with E-state index in [4.69, 9.17) is 0 Å². The minimum Gasteiger partial charge on any atom is -0.310 e. The van der Waals surface area contributed by atoms with Crippen molar-refractivity contribution in [1.82, 2.24) is 0 Å². The number of fused-ring (bicyclic) bond motifs is 20. The molecule has 12 aromatic carbocycles. The summed E-state index contributed by atoms with van der Waals surface area (Å²) in [6.45, 7) is 0. The van der Waals surface area contributed by atoms with Crippen LogP contribution in [0.4, 0.5) is 34.1 Å². The van der Waals surface area contributed by atoms with Crippen LogP contribution in [-0.4, -0.2) is 0 Å². The van der Waals surface area contributed by atoms with E-state index in [1.807, 2.05) is 11.3 Å². The van der Waals surface area contributed by atoms with Crippen LogP contribution in [0.2, 0.25) is 0 Å². The second-order valence-corrected chi connectivity index (χ2v) is 21.4. The lowest BCUT2D eigenvalue weighted by Crippen LogP contribution is -2.29. The molecule has 0 radical (unpaired) electrons. The SMILES string of the molecule is c1ccc(-c2ccc(N(c3ccc4c(c3)-c3ccccc3-c3ccccc3N4c3ccccc3)c3ccc4c(c3)C3(c5ccccc5-c5ccccc5-4)c4ccccc4-c4cc5c(cc43)sc3ccccc35)cc2)cc1. The number of para-hydroxylation sites is 2. The summed E-state index contributed by atoms with van der Waals surface area (Å²) < 4.78 is 2.62. The van der Waals surface area contributed by atoms with Gasteiger partial charge in [-0.1, -0.05) is 200 Å². The Balaban J connectivity index is 0.992. The van der Waals surface area contributed by atoms with Gasteiger partial charge in [0.15, 0.2) is 0 Å². The van der Waals surface area contributed by atoms with Crippen molar-refractivity contribution < 1.29 is 0 Å². The Bertz CT molecular complexity index is 4480. The standard InChI is InChI=1S/C73H46N2S/c1-3-19-47(20-4-1)48-35-37-50(38-36-48)74(51-40-42-70-63(43-51)56-26-10-9-25-55(56)60-29-13-17-33-69(60)75(70)49-21-5-2-6-22-49)52-39-41-59-54-24-8-7-23-53(54)57-27-11-15-31-65(57)73(67(59)44-52)66-32-16-12-28-58(66)62-45-64-61-30-14-18-34-71(61)76-72(64)46-68(62)73/h1-46H. The Hall–Kier alpha value is -9.54. The lowest BCUT2D eigenvalue weighted by Gasteiger charge is -2.36. The first-order chi connectivity index (χ1) is 37.7. The van der Waals surface area contributed by atoms with E-state index in [-0.39, 0.29) is 0 Å². The van der Waals surface area contributed by atoms with Crippen LogP contribution in [0.3, 0.4) is 0 Å². The average molecular weight is 983 g/mol. The van der Waals surface area contributed by atoms with E-state index >= 15 is 0 Å². The van der Waals surface area contributed by atoms with Crippen molar-refractivity contribution >= 4 is 65.6 Å². The fraction of sp³-hybridized carbons (Fsp3) is 0.0137. The largest absolute Gasteiger partial charge is 0.310 e. The summed E-state index contributed by atoms with van der Waals surface area (Å²) in [7, 11) is 0. The maximum Gasteiger partial charge on any atom is 0.0726 e. The molecule has 2 nitrogen and oxygen atoms in total. The molecule has 2 aliphatic carbocycles. The zero-order valence-electron chi connectivity index (χ0n) is 41.4. The van der Waals surface area contributed by atoms with Gasteiger partial charge in [-0.15, -0.1) is 11.3 Å². The van der Waals surface area contributed by atoms with Crippen LogP contribution in [-0.2, 0) is 5.41 Å². The van der Waals surface area contributed by atoms with Gasteiger partial charge < -0.3 is 9.80 Å². The quantitative estimate of drug-likeness (QED) is 0.170. The molecule has 0 N–H and O–H groups in total. The zero-order chi connectivity index (χ0) is 49.9. The number of hydrogen-bond acceptors (Lipinski definition) is 3. The Morgan fingerprint density at radius 3 is 1.49 bits per heavy atom. The summed E-state index contributed by atoms with van der Waals surface area (Å²) in [4.78, 5) is 4.94. The van der Waals surface area contributed by atoms with Crippen molar-refractivity contribution in [3.63, 3.8) is 0 Å². The molecule has 3 heteroatoms. The number of benzene rings is 12. The maximum atomic E-state index is 2.55. The van der Waals surface area contributed by atoms with Gasteiger partial charge in [0, 0.05) is 54.0 Å². The second kappa shape index (κ2) is 16.7. The molecule has 0 fully saturated rings. The summed E-state index contributed by atoms with van der Waals surface area (Å²) in [5.74, 6) is 0. The highest BCUT2D eigenvalue weighted by Gasteiger charge is 2.50. The Labute approximate surface area is 446 Å². The van der Waals surface area contributed by atoms with Gasteiger partial charge in [-0.3, -0.25) is 0 Å². The van der Waals surface area contributed by atoms with Crippen molar-refractivity contribution in [3.05, 3.63) is 301 Å². The average Bonchev–Trinajstić information content (AvgIpc) is 3.93. The molecule has 3 aliphatic rings. The van der Waals surface area contributed by atoms with Gasteiger partial charge in [0.1, 0.15) is 0 Å². The van der Waals surface area contributed by atoms with Crippen molar-refractivity contribution in [2.45, 2.75) is 5.41 Å². The van der Waals surface area contributed by atoms with E-state index in [1.165, 1.54) is 109 Å². The summed E-state index contributed by atoms with van der Waals surface area (Å²) in [5.41, 5.74) is 25.9. The van der Waals surface area contributed by atoms with Crippen molar-refractivity contribution in [2.75, 3.05) is 9.80 Å². The second-order valence-electron chi connectivity index (χ2n) is 20.3. The molecule has 1 unspecified atom stereocenters. The van der Waals surface area contributed by atoms with Crippen molar-refractivity contribution in [1.29, 1.82) is 0 Å². The lowest BCUT2D eigenvalue weighted by atomic mass is 9.65. The summed E-state index contributed by atoms with van der Waals surface area (Å²) in [6, 6.07) is 104. The summed E-state index contributed by atoms with van der Waals surface area (Å²) in [6.07, 6.45) is 0. The number of nitrogens with zero attached hydrogens (tertiary/aromatic N) is 2. The Kier molecular flexibility index (Phi) is 9.45. The van der Waals surface area contributed by atoms with Crippen molar-refractivity contribution in [2.24, 2.45) is 0 Å². The third kappa shape index (κ3) is 6.21. The molecular weight excluding hydrogens is 937 g/mol. The van der Waals surface area contributed by atoms with Gasteiger partial charge in [-0.25, -0.2) is 0 Å². The molecule has 0 saturated carbocycles. The molecule has 16 rings (SSSR count). The van der Waals surface area contributed by atoms with Crippen LogP contribution < -0.4 is 9.80 Å². The van der Waals surface area contributed by atoms with E-state index in [0.717, 1.165) is 34.1 Å². The summed E-state index contributed by atoms with van der Waals surface area (Å²) in [5, 5.41) is 2.63. The topological polar surface area (TPSA) is 6.48 Å². The minimum atomic E-state index is -0.672. The molecule has 2 heterocycles. The van der Waals surface area contributed by atoms with Gasteiger partial charge in [-0.05, 0) is 157 Å². The first-order valence-corrected chi connectivity index (χ1v) is 27.1. The third-order valence-corrected chi connectivity index (χ3v) is 17.6. The first kappa shape index (κ1) is 42.9. The van der Waals surface area contributed by atoms with E-state index in [2.05, 4.69) is 289 Å². The van der Waals surface area contributed by atoms with Gasteiger partial charge in [0.25, 0.3) is 0 Å². The molecular formula is C73H46N2S. The first-order valence-electron chi connectivity index (χ1n) is 26.2. The van der Waals surface area contributed by atoms with Crippen LogP contribution in [0.25, 0.3) is 86.9 Å². The molecule has 13 aromatic rings. The van der Waals surface area contributed by atoms with Gasteiger partial charge in [0.2, 0.25) is 0 Å². The molecule has 76 heavy (non-hydrogen) atoms. The third-order valence-electron chi connectivity index (χ3n) is 16.4. The predicted molar refractivity (Wildman–Crippen MR) is 320 cm³/mol. The Morgan fingerprint density at radius 1 is 0.276 bits per heavy atom. The molecule has 1 aromatic heterocycles. The Morgan fingerprint density at radius 2 is 0.763 bits per heavy atom. The number of thiophene rings is 1. The smallest absolute Gasteiger partial charge is 0.0726 e. The van der Waals surface area contributed by atoms with Crippen LogP contribution in [0.5, 0.6) is 0 Å². The molecule has 0 bridgehead atoms. The fourth-order valence-corrected chi connectivity index (χ4v) is 14.4.